The van der Waals surface area contributed by atoms with Crippen molar-refractivity contribution in [3.63, 3.8) is 0 Å². The Morgan fingerprint density at radius 2 is 1.19 bits per heavy atom. The van der Waals surface area contributed by atoms with E-state index in [0.717, 1.165) is 64.2 Å². The molecular weight excluding hydrogens is 631 g/mol. The van der Waals surface area contributed by atoms with Crippen LogP contribution in [0, 0.1) is 0 Å². The number of hydrogen-bond donors (Lipinski definition) is 3. The summed E-state index contributed by atoms with van der Waals surface area (Å²) in [6.45, 7) is 3.36. The third-order valence-electron chi connectivity index (χ3n) is 7.84. The predicted molar refractivity (Wildman–Crippen MR) is 196 cm³/mol. The molecule has 0 saturated heterocycles. The molecule has 3 atom stereocenters. The fourth-order valence-corrected chi connectivity index (χ4v) is 5.75. The van der Waals surface area contributed by atoms with E-state index in [-0.39, 0.29) is 19.6 Å². The maximum absolute atomic E-state index is 12.5. The normalized spacial score (nSPS) is 14.7. The molecule has 0 radical (unpaired) electrons. The first-order valence-corrected chi connectivity index (χ1v) is 20.5. The van der Waals surface area contributed by atoms with Crippen molar-refractivity contribution in [2.24, 2.45) is 0 Å². The van der Waals surface area contributed by atoms with E-state index in [4.69, 9.17) is 23.6 Å². The van der Waals surface area contributed by atoms with Crippen molar-refractivity contribution in [1.82, 2.24) is 0 Å². The molecule has 48 heavy (non-hydrogen) atoms. The third kappa shape index (κ3) is 34.5. The van der Waals surface area contributed by atoms with Crippen LogP contribution in [-0.2, 0) is 27.9 Å². The first-order valence-electron chi connectivity index (χ1n) is 19.0. The largest absolute Gasteiger partial charge is 0.472 e. The van der Waals surface area contributed by atoms with Gasteiger partial charge in [0.15, 0.2) is 0 Å². The number of rotatable bonds is 36. The Balaban J connectivity index is 4.24. The molecule has 3 unspecified atom stereocenters. The highest BCUT2D eigenvalue weighted by molar-refractivity contribution is 7.47. The lowest BCUT2D eigenvalue weighted by Crippen LogP contribution is -2.29. The van der Waals surface area contributed by atoms with Crippen molar-refractivity contribution in [3.8, 4) is 0 Å². The molecule has 0 spiro atoms. The van der Waals surface area contributed by atoms with E-state index in [1.54, 1.807) is 0 Å². The zero-order valence-corrected chi connectivity index (χ0v) is 31.3. The summed E-state index contributed by atoms with van der Waals surface area (Å²) in [5.74, 6) is -0.390. The number of hydrogen-bond acceptors (Lipinski definition) is 8. The fraction of sp³-hybridized carbons (Fsp3) is 0.816. The van der Waals surface area contributed by atoms with Crippen molar-refractivity contribution in [2.75, 3.05) is 33.0 Å². The van der Waals surface area contributed by atoms with Crippen LogP contribution >= 0.6 is 7.82 Å². The van der Waals surface area contributed by atoms with E-state index < -0.39 is 39.2 Å². The number of esters is 1. The molecule has 9 nitrogen and oxygen atoms in total. The van der Waals surface area contributed by atoms with E-state index in [1.807, 2.05) is 0 Å². The molecule has 0 rings (SSSR count). The van der Waals surface area contributed by atoms with Crippen molar-refractivity contribution >= 4 is 13.8 Å². The van der Waals surface area contributed by atoms with Crippen LogP contribution in [0.4, 0.5) is 0 Å². The zero-order chi connectivity index (χ0) is 35.4. The van der Waals surface area contributed by atoms with Crippen molar-refractivity contribution in [1.29, 1.82) is 0 Å². The summed E-state index contributed by atoms with van der Waals surface area (Å²) < 4.78 is 33.2. The number of phosphoric ester groups is 1. The maximum Gasteiger partial charge on any atom is 0.472 e. The standard InChI is InChI=1S/C38H71O9P/c1-3-5-7-9-11-13-15-16-17-18-19-21-23-25-27-29-31-44-34-37(35-46-48(42,43)45-33-36(40)32-39)47-38(41)30-28-26-24-22-20-14-12-10-8-6-4-2/h5,7,11,13,16-17,36-37,39-40H,3-4,6,8-10,12,14-15,18-35H2,1-2H3,(H,42,43)/b7-5-,13-11-,17-16-. The van der Waals surface area contributed by atoms with Gasteiger partial charge in [0.05, 0.1) is 26.4 Å². The van der Waals surface area contributed by atoms with Crippen LogP contribution in [0.25, 0.3) is 0 Å². The summed E-state index contributed by atoms with van der Waals surface area (Å²) in [6.07, 6.45) is 35.3. The molecule has 282 valence electrons. The van der Waals surface area contributed by atoms with Crippen molar-refractivity contribution in [2.45, 2.75) is 167 Å². The van der Waals surface area contributed by atoms with Gasteiger partial charge in [-0.3, -0.25) is 13.8 Å². The minimum absolute atomic E-state index is 0.0419. The molecule has 3 N–H and O–H groups in total. The second-order valence-corrected chi connectivity index (χ2v) is 14.0. The van der Waals surface area contributed by atoms with Gasteiger partial charge in [-0.15, -0.1) is 0 Å². The molecule has 0 heterocycles. The van der Waals surface area contributed by atoms with E-state index >= 15 is 0 Å². The maximum atomic E-state index is 12.5. The SMILES string of the molecule is CC/C=C\C/C=C\C/C=C\CCCCCCCCOCC(COP(=O)(O)OCC(O)CO)OC(=O)CCCCCCCCCCCCC. The van der Waals surface area contributed by atoms with Crippen LogP contribution in [0.5, 0.6) is 0 Å². The first kappa shape index (κ1) is 46.7. The third-order valence-corrected chi connectivity index (χ3v) is 8.79. The molecular formula is C38H71O9P. The topological polar surface area (TPSA) is 132 Å². The lowest BCUT2D eigenvalue weighted by atomic mass is 10.1. The summed E-state index contributed by atoms with van der Waals surface area (Å²) in [5, 5.41) is 18.3. The Morgan fingerprint density at radius 1 is 0.667 bits per heavy atom. The monoisotopic (exact) mass is 702 g/mol. The van der Waals surface area contributed by atoms with Gasteiger partial charge in [-0.25, -0.2) is 4.57 Å². The van der Waals surface area contributed by atoms with Gasteiger partial charge in [0.1, 0.15) is 12.2 Å². The number of unbranched alkanes of at least 4 members (excludes halogenated alkanes) is 16. The van der Waals surface area contributed by atoms with Crippen LogP contribution in [0.15, 0.2) is 36.5 Å². The minimum atomic E-state index is -4.51. The van der Waals surface area contributed by atoms with Crippen molar-refractivity contribution in [3.05, 3.63) is 36.5 Å². The smallest absolute Gasteiger partial charge is 0.457 e. The van der Waals surface area contributed by atoms with E-state index in [1.165, 1.54) is 70.6 Å². The zero-order valence-electron chi connectivity index (χ0n) is 30.4. The molecule has 0 aliphatic rings. The van der Waals surface area contributed by atoms with Crippen LogP contribution < -0.4 is 0 Å². The summed E-state index contributed by atoms with van der Waals surface area (Å²) >= 11 is 0. The molecule has 0 amide bonds. The highest BCUT2D eigenvalue weighted by atomic mass is 31.2. The highest BCUT2D eigenvalue weighted by Crippen LogP contribution is 2.43. The Morgan fingerprint density at radius 3 is 1.79 bits per heavy atom. The summed E-state index contributed by atoms with van der Waals surface area (Å²) in [5.41, 5.74) is 0. The van der Waals surface area contributed by atoms with E-state index in [0.29, 0.717) is 6.61 Å². The van der Waals surface area contributed by atoms with Crippen molar-refractivity contribution < 1.29 is 43.0 Å². The van der Waals surface area contributed by atoms with Crippen LogP contribution in [0.3, 0.4) is 0 Å². The summed E-state index contributed by atoms with van der Waals surface area (Å²) in [6, 6.07) is 0. The molecule has 10 heteroatoms. The average Bonchev–Trinajstić information content (AvgIpc) is 3.07. The Bertz CT molecular complexity index is 846. The van der Waals surface area contributed by atoms with Crippen LogP contribution in [0.2, 0.25) is 0 Å². The number of phosphoric acid groups is 1. The molecule has 0 aliphatic carbocycles. The van der Waals surface area contributed by atoms with E-state index in [9.17, 15) is 19.4 Å². The molecule has 0 aromatic rings. The molecule has 0 fully saturated rings. The Hall–Kier alpha value is -1.32. The van der Waals surface area contributed by atoms with Gasteiger partial charge < -0.3 is 24.6 Å². The number of aliphatic hydroxyl groups excluding tert-OH is 2. The lowest BCUT2D eigenvalue weighted by molar-refractivity contribution is -0.154. The van der Waals surface area contributed by atoms with Gasteiger partial charge in [-0.2, -0.15) is 0 Å². The van der Waals surface area contributed by atoms with Gasteiger partial charge in [0.25, 0.3) is 0 Å². The first-order chi connectivity index (χ1) is 23.3. The fourth-order valence-electron chi connectivity index (χ4n) is 4.96. The van der Waals surface area contributed by atoms with Gasteiger partial charge in [0, 0.05) is 13.0 Å². The van der Waals surface area contributed by atoms with Gasteiger partial charge >= 0.3 is 13.8 Å². The number of allylic oxidation sites excluding steroid dienone is 6. The summed E-state index contributed by atoms with van der Waals surface area (Å²) in [4.78, 5) is 22.4. The second kappa shape index (κ2) is 35.5. The highest BCUT2D eigenvalue weighted by Gasteiger charge is 2.26. The Kier molecular flexibility index (Phi) is 34.5. The van der Waals surface area contributed by atoms with Gasteiger partial charge in [-0.1, -0.05) is 140 Å². The number of ether oxygens (including phenoxy) is 2. The van der Waals surface area contributed by atoms with E-state index in [2.05, 4.69) is 50.3 Å². The predicted octanol–water partition coefficient (Wildman–Crippen LogP) is 9.69. The molecule has 0 bridgehead atoms. The van der Waals surface area contributed by atoms with Crippen LogP contribution in [0.1, 0.15) is 155 Å². The lowest BCUT2D eigenvalue weighted by Gasteiger charge is -2.20. The number of aliphatic hydroxyl groups is 2. The number of carbonyl (C=O) groups excluding carboxylic acids is 1. The average molecular weight is 703 g/mol. The summed E-state index contributed by atoms with van der Waals surface area (Å²) in [7, 11) is -4.51. The van der Waals surface area contributed by atoms with Crippen LogP contribution in [-0.4, -0.2) is 66.3 Å². The molecule has 0 aromatic heterocycles. The quantitative estimate of drug-likeness (QED) is 0.0253. The Labute approximate surface area is 293 Å². The molecule has 0 aliphatic heterocycles. The second-order valence-electron chi connectivity index (χ2n) is 12.6. The van der Waals surface area contributed by atoms with Gasteiger partial charge in [-0.05, 0) is 44.9 Å². The van der Waals surface area contributed by atoms with Gasteiger partial charge in [0.2, 0.25) is 0 Å². The number of carbonyl (C=O) groups is 1. The minimum Gasteiger partial charge on any atom is -0.457 e. The molecule has 0 saturated carbocycles. The molecule has 0 aromatic carbocycles.